The molecule has 1 aromatic carbocycles. The number of ketones is 1. The second-order valence-corrected chi connectivity index (χ2v) is 8.50. The predicted octanol–water partition coefficient (Wildman–Crippen LogP) is 4.34. The summed E-state index contributed by atoms with van der Waals surface area (Å²) in [6.07, 6.45) is 1.27. The van der Waals surface area contributed by atoms with Crippen molar-refractivity contribution in [3.63, 3.8) is 0 Å². The molecule has 1 amide bonds. The highest BCUT2D eigenvalue weighted by molar-refractivity contribution is 9.10. The molecule has 1 heterocycles. The van der Waals surface area contributed by atoms with E-state index in [1.165, 1.54) is 0 Å². The van der Waals surface area contributed by atoms with Crippen LogP contribution < -0.4 is 0 Å². The van der Waals surface area contributed by atoms with Crippen molar-refractivity contribution < 1.29 is 18.7 Å². The standard InChI is InChI=1S/C18H21BrFNO3/c1-17(2,3)24-16(23)21-8-6-18(7-9-21)10-11-4-5-12(19)14(20)13(11)15(18)22/h4-5H,6-10H2,1-3H3. The lowest BCUT2D eigenvalue weighted by molar-refractivity contribution is 0.0113. The molecule has 0 atom stereocenters. The third kappa shape index (κ3) is 2.96. The van der Waals surface area contributed by atoms with Gasteiger partial charge in [-0.1, -0.05) is 6.07 Å². The average molecular weight is 398 g/mol. The molecule has 4 nitrogen and oxygen atoms in total. The third-order valence-electron chi connectivity index (χ3n) is 4.79. The zero-order valence-corrected chi connectivity index (χ0v) is 15.7. The van der Waals surface area contributed by atoms with Gasteiger partial charge in [-0.3, -0.25) is 4.79 Å². The Morgan fingerprint density at radius 1 is 1.29 bits per heavy atom. The monoisotopic (exact) mass is 397 g/mol. The quantitative estimate of drug-likeness (QED) is 0.653. The molecule has 0 bridgehead atoms. The van der Waals surface area contributed by atoms with E-state index in [0.29, 0.717) is 36.8 Å². The zero-order valence-electron chi connectivity index (χ0n) is 14.1. The van der Waals surface area contributed by atoms with Crippen LogP contribution in [-0.2, 0) is 11.2 Å². The molecule has 24 heavy (non-hydrogen) atoms. The van der Waals surface area contributed by atoms with Crippen molar-refractivity contribution in [2.45, 2.75) is 45.6 Å². The first-order valence-electron chi connectivity index (χ1n) is 8.13. The molecule has 1 aliphatic heterocycles. The number of carbonyl (C=O) groups is 2. The van der Waals surface area contributed by atoms with Gasteiger partial charge in [-0.25, -0.2) is 9.18 Å². The Morgan fingerprint density at radius 2 is 1.92 bits per heavy atom. The van der Waals surface area contributed by atoms with Gasteiger partial charge in [-0.15, -0.1) is 0 Å². The fraction of sp³-hybridized carbons (Fsp3) is 0.556. The van der Waals surface area contributed by atoms with Crippen LogP contribution >= 0.6 is 15.9 Å². The van der Waals surface area contributed by atoms with Crippen molar-refractivity contribution in [1.29, 1.82) is 0 Å². The third-order valence-corrected chi connectivity index (χ3v) is 5.40. The highest BCUT2D eigenvalue weighted by Crippen LogP contribution is 2.46. The molecule has 0 aromatic heterocycles. The smallest absolute Gasteiger partial charge is 0.410 e. The van der Waals surface area contributed by atoms with Crippen LogP contribution in [0.5, 0.6) is 0 Å². The molecule has 1 fully saturated rings. The molecule has 0 saturated carbocycles. The lowest BCUT2D eigenvalue weighted by Crippen LogP contribution is -2.47. The van der Waals surface area contributed by atoms with E-state index >= 15 is 0 Å². The SMILES string of the molecule is CC(C)(C)OC(=O)N1CCC2(CC1)Cc1ccc(Br)c(F)c1C2=O. The summed E-state index contributed by atoms with van der Waals surface area (Å²) in [6, 6.07) is 3.46. The second kappa shape index (κ2) is 5.83. The van der Waals surface area contributed by atoms with Crippen molar-refractivity contribution in [1.82, 2.24) is 4.90 Å². The molecule has 0 N–H and O–H groups in total. The molecule has 6 heteroatoms. The Labute approximate surface area is 149 Å². The van der Waals surface area contributed by atoms with Gasteiger partial charge in [0.15, 0.2) is 5.78 Å². The van der Waals surface area contributed by atoms with Crippen LogP contribution in [0, 0.1) is 11.2 Å². The molecule has 130 valence electrons. The van der Waals surface area contributed by atoms with Crippen LogP contribution in [-0.4, -0.2) is 35.5 Å². The Kier molecular flexibility index (Phi) is 4.22. The molecule has 1 saturated heterocycles. The number of carbonyl (C=O) groups excluding carboxylic acids is 2. The fourth-order valence-electron chi connectivity index (χ4n) is 3.54. The summed E-state index contributed by atoms with van der Waals surface area (Å²) in [4.78, 5) is 26.7. The summed E-state index contributed by atoms with van der Waals surface area (Å²) >= 11 is 3.15. The number of likely N-dealkylation sites (tertiary alicyclic amines) is 1. The van der Waals surface area contributed by atoms with Crippen molar-refractivity contribution in [3.8, 4) is 0 Å². The fourth-order valence-corrected chi connectivity index (χ4v) is 3.87. The minimum absolute atomic E-state index is 0.125. The van der Waals surface area contributed by atoms with Crippen molar-refractivity contribution in [2.24, 2.45) is 5.41 Å². The number of piperidine rings is 1. The normalized spacial score (nSPS) is 19.5. The Morgan fingerprint density at radius 3 is 2.50 bits per heavy atom. The van der Waals surface area contributed by atoms with Gasteiger partial charge in [0.25, 0.3) is 0 Å². The molecule has 1 spiro atoms. The summed E-state index contributed by atoms with van der Waals surface area (Å²) in [5.74, 6) is -0.593. The molecule has 2 aliphatic rings. The maximum Gasteiger partial charge on any atom is 0.410 e. The number of rotatable bonds is 0. The van der Waals surface area contributed by atoms with Crippen LogP contribution in [0.2, 0.25) is 0 Å². The number of ether oxygens (including phenoxy) is 1. The van der Waals surface area contributed by atoms with E-state index in [-0.39, 0.29) is 17.4 Å². The van der Waals surface area contributed by atoms with Crippen LogP contribution in [0.3, 0.4) is 0 Å². The summed E-state index contributed by atoms with van der Waals surface area (Å²) in [5, 5.41) is 0. The molecule has 1 aliphatic carbocycles. The van der Waals surface area contributed by atoms with E-state index in [4.69, 9.17) is 4.74 Å². The molecule has 0 radical (unpaired) electrons. The van der Waals surface area contributed by atoms with E-state index in [2.05, 4.69) is 15.9 Å². The van der Waals surface area contributed by atoms with Gasteiger partial charge >= 0.3 is 6.09 Å². The summed E-state index contributed by atoms with van der Waals surface area (Å²) in [5.41, 5.74) is -0.134. The van der Waals surface area contributed by atoms with Gasteiger partial charge in [0.2, 0.25) is 0 Å². The maximum absolute atomic E-state index is 14.3. The number of hydrogen-bond acceptors (Lipinski definition) is 3. The summed E-state index contributed by atoms with van der Waals surface area (Å²) in [6.45, 7) is 6.39. The van der Waals surface area contributed by atoms with Gasteiger partial charge in [0.1, 0.15) is 11.4 Å². The molecule has 1 aromatic rings. The molecular weight excluding hydrogens is 377 g/mol. The minimum atomic E-state index is -0.581. The van der Waals surface area contributed by atoms with Crippen LogP contribution in [0.1, 0.15) is 49.5 Å². The van der Waals surface area contributed by atoms with Gasteiger partial charge in [0, 0.05) is 18.5 Å². The number of nitrogens with zero attached hydrogens (tertiary/aromatic N) is 1. The van der Waals surface area contributed by atoms with E-state index in [1.807, 2.05) is 26.8 Å². The Balaban J connectivity index is 1.74. The van der Waals surface area contributed by atoms with Gasteiger partial charge < -0.3 is 9.64 Å². The van der Waals surface area contributed by atoms with E-state index in [0.717, 1.165) is 5.56 Å². The number of amides is 1. The highest BCUT2D eigenvalue weighted by atomic mass is 79.9. The average Bonchev–Trinajstić information content (AvgIpc) is 2.75. The molecule has 0 unspecified atom stereocenters. The number of halogens is 2. The number of fused-ring (bicyclic) bond motifs is 1. The minimum Gasteiger partial charge on any atom is -0.444 e. The largest absolute Gasteiger partial charge is 0.444 e. The predicted molar refractivity (Wildman–Crippen MR) is 91.6 cm³/mol. The van der Waals surface area contributed by atoms with Crippen molar-refractivity contribution in [3.05, 3.63) is 33.5 Å². The van der Waals surface area contributed by atoms with Gasteiger partial charge in [0.05, 0.1) is 10.0 Å². The van der Waals surface area contributed by atoms with Crippen molar-refractivity contribution >= 4 is 27.8 Å². The topological polar surface area (TPSA) is 46.6 Å². The van der Waals surface area contributed by atoms with E-state index < -0.39 is 16.8 Å². The Hall–Kier alpha value is -1.43. The first kappa shape index (κ1) is 17.4. The Bertz CT molecular complexity index is 703. The molecule has 3 rings (SSSR count). The van der Waals surface area contributed by atoms with E-state index in [9.17, 15) is 14.0 Å². The first-order chi connectivity index (χ1) is 11.1. The lowest BCUT2D eigenvalue weighted by Gasteiger charge is -2.38. The number of Topliss-reactive ketones (excluding diaryl/α,β-unsaturated/α-hetero) is 1. The molecular formula is C18H21BrFNO3. The zero-order chi connectivity index (χ0) is 17.7. The van der Waals surface area contributed by atoms with Gasteiger partial charge in [-0.2, -0.15) is 0 Å². The highest BCUT2D eigenvalue weighted by Gasteiger charge is 2.49. The second-order valence-electron chi connectivity index (χ2n) is 7.65. The van der Waals surface area contributed by atoms with Crippen LogP contribution in [0.25, 0.3) is 0 Å². The summed E-state index contributed by atoms with van der Waals surface area (Å²) < 4.78 is 20.0. The van der Waals surface area contributed by atoms with Crippen molar-refractivity contribution in [2.75, 3.05) is 13.1 Å². The number of hydrogen-bond donors (Lipinski definition) is 0. The van der Waals surface area contributed by atoms with Crippen LogP contribution in [0.4, 0.5) is 9.18 Å². The number of benzene rings is 1. The van der Waals surface area contributed by atoms with Crippen LogP contribution in [0.15, 0.2) is 16.6 Å². The maximum atomic E-state index is 14.3. The summed E-state index contributed by atoms with van der Waals surface area (Å²) in [7, 11) is 0. The first-order valence-corrected chi connectivity index (χ1v) is 8.92. The van der Waals surface area contributed by atoms with Gasteiger partial charge in [-0.05, 0) is 67.6 Å². The lowest BCUT2D eigenvalue weighted by atomic mass is 9.75. The van der Waals surface area contributed by atoms with E-state index in [1.54, 1.807) is 11.0 Å².